The van der Waals surface area contributed by atoms with Gasteiger partial charge in [0.15, 0.2) is 6.23 Å². The Labute approximate surface area is 108 Å². The molecule has 1 amide bonds. The highest BCUT2D eigenvalue weighted by Gasteiger charge is 2.18. The van der Waals surface area contributed by atoms with Gasteiger partial charge in [0.2, 0.25) is 0 Å². The van der Waals surface area contributed by atoms with Gasteiger partial charge in [0.05, 0.1) is 6.61 Å². The molecule has 0 aliphatic heterocycles. The van der Waals surface area contributed by atoms with Gasteiger partial charge >= 0.3 is 6.09 Å². The van der Waals surface area contributed by atoms with Crippen LogP contribution in [0, 0.1) is 36.0 Å². The number of unbranched alkanes of at least 4 members (excludes halogenated alkanes) is 1. The number of aliphatic hydroxyl groups is 1. The molecular weight excluding hydrogens is 230 g/mol. The van der Waals surface area contributed by atoms with E-state index in [1.807, 2.05) is 0 Å². The second-order valence-electron chi connectivity index (χ2n) is 3.13. The van der Waals surface area contributed by atoms with Crippen LogP contribution in [-0.2, 0) is 4.74 Å². The minimum Gasteiger partial charge on any atom is -0.450 e. The van der Waals surface area contributed by atoms with Crippen molar-refractivity contribution in [3.8, 4) is 36.0 Å². The Morgan fingerprint density at radius 2 is 2.11 bits per heavy atom. The molecule has 0 aromatic rings. The summed E-state index contributed by atoms with van der Waals surface area (Å²) >= 11 is 0. The normalized spacial score (nSPS) is 9.89. The van der Waals surface area contributed by atoms with Crippen molar-refractivity contribution in [2.24, 2.45) is 0 Å². The summed E-state index contributed by atoms with van der Waals surface area (Å²) in [4.78, 5) is 12.5. The molecule has 0 rings (SSSR count). The summed E-state index contributed by atoms with van der Waals surface area (Å²) in [5.74, 6) is 12.7. The Hall–Kier alpha value is -2.09. The summed E-state index contributed by atoms with van der Waals surface area (Å²) < 4.78 is 4.78. The van der Waals surface area contributed by atoms with Crippen molar-refractivity contribution >= 4 is 6.09 Å². The molecule has 0 aromatic carbocycles. The molecule has 0 fully saturated rings. The zero-order valence-electron chi connectivity index (χ0n) is 10.7. The summed E-state index contributed by atoms with van der Waals surface area (Å²) in [5, 5.41) is 9.66. The van der Waals surface area contributed by atoms with Crippen LogP contribution in [0.15, 0.2) is 0 Å². The lowest BCUT2D eigenvalue weighted by Gasteiger charge is -2.21. The molecule has 1 unspecified atom stereocenters. The highest BCUT2D eigenvalue weighted by atomic mass is 16.6. The fourth-order valence-corrected chi connectivity index (χ4v) is 1.03. The number of ether oxygens (including phenoxy) is 1. The van der Waals surface area contributed by atoms with Gasteiger partial charge in [0, 0.05) is 19.4 Å². The van der Waals surface area contributed by atoms with Gasteiger partial charge < -0.3 is 9.84 Å². The number of carbonyl (C=O) groups excluding carboxylic acids is 1. The maximum Gasteiger partial charge on any atom is 0.412 e. The second kappa shape index (κ2) is 10.1. The van der Waals surface area contributed by atoms with Gasteiger partial charge in [-0.1, -0.05) is 5.92 Å². The number of hydrogen-bond acceptors (Lipinski definition) is 3. The Bertz CT molecular complexity index is 414. The van der Waals surface area contributed by atoms with E-state index < -0.39 is 12.3 Å². The number of hydrogen-bond donors (Lipinski definition) is 1. The topological polar surface area (TPSA) is 49.8 Å². The van der Waals surface area contributed by atoms with Gasteiger partial charge in [0.25, 0.3) is 0 Å². The number of aliphatic hydroxyl groups excluding tert-OH is 1. The van der Waals surface area contributed by atoms with Crippen LogP contribution in [0.5, 0.6) is 0 Å². The van der Waals surface area contributed by atoms with Crippen molar-refractivity contribution in [1.82, 2.24) is 4.90 Å². The molecule has 0 saturated carbocycles. The van der Waals surface area contributed by atoms with Crippen molar-refractivity contribution < 1.29 is 14.6 Å². The van der Waals surface area contributed by atoms with Gasteiger partial charge in [-0.25, -0.2) is 4.79 Å². The number of carbonyl (C=O) groups is 1. The molecule has 0 heterocycles. The molecule has 0 radical (unpaired) electrons. The summed E-state index contributed by atoms with van der Waals surface area (Å²) in [6.07, 6.45) is 4.39. The predicted octanol–water partition coefficient (Wildman–Crippen LogP) is 1.20. The van der Waals surface area contributed by atoms with Crippen LogP contribution in [0.1, 0.15) is 26.7 Å². The highest BCUT2D eigenvalue weighted by molar-refractivity contribution is 5.68. The number of nitrogens with zero attached hydrogens (tertiary/aromatic N) is 1. The van der Waals surface area contributed by atoms with Crippen LogP contribution < -0.4 is 0 Å². The molecule has 1 atom stereocenters. The van der Waals surface area contributed by atoms with Crippen molar-refractivity contribution in [3.63, 3.8) is 0 Å². The van der Waals surface area contributed by atoms with Crippen LogP contribution in [0.3, 0.4) is 0 Å². The van der Waals surface area contributed by atoms with E-state index in [0.717, 1.165) is 4.90 Å². The molecule has 0 aliphatic rings. The molecule has 4 heteroatoms. The van der Waals surface area contributed by atoms with E-state index in [-0.39, 0.29) is 6.61 Å². The molecular formula is C14H17NO3. The quantitative estimate of drug-likeness (QED) is 0.461. The first-order valence-electron chi connectivity index (χ1n) is 5.70. The van der Waals surface area contributed by atoms with Crippen LogP contribution in [0.4, 0.5) is 4.79 Å². The van der Waals surface area contributed by atoms with Gasteiger partial charge in [-0.05, 0) is 31.6 Å². The number of terminal acetylenes is 1. The molecule has 1 N–H and O–H groups in total. The minimum absolute atomic E-state index is 0.251. The average Bonchev–Trinajstić information content (AvgIpc) is 2.35. The van der Waals surface area contributed by atoms with E-state index in [1.54, 1.807) is 13.8 Å². The molecule has 0 saturated heterocycles. The zero-order valence-corrected chi connectivity index (χ0v) is 10.7. The van der Waals surface area contributed by atoms with E-state index in [0.29, 0.717) is 19.4 Å². The lowest BCUT2D eigenvalue weighted by molar-refractivity contribution is 0.0358. The highest BCUT2D eigenvalue weighted by Crippen LogP contribution is 1.98. The smallest absolute Gasteiger partial charge is 0.412 e. The predicted molar refractivity (Wildman–Crippen MR) is 69.0 cm³/mol. The summed E-state index contributed by atoms with van der Waals surface area (Å²) in [6.45, 7) is 3.97. The average molecular weight is 247 g/mol. The van der Waals surface area contributed by atoms with Crippen LogP contribution >= 0.6 is 0 Å². The maximum absolute atomic E-state index is 11.4. The fourth-order valence-electron chi connectivity index (χ4n) is 1.03. The van der Waals surface area contributed by atoms with E-state index in [2.05, 4.69) is 29.6 Å². The summed E-state index contributed by atoms with van der Waals surface area (Å²) in [5.41, 5.74) is 0. The maximum atomic E-state index is 11.4. The number of rotatable bonds is 4. The van der Waals surface area contributed by atoms with E-state index >= 15 is 0 Å². The third-order valence-corrected chi connectivity index (χ3v) is 1.88. The van der Waals surface area contributed by atoms with Crippen LogP contribution in [0.2, 0.25) is 0 Å². The zero-order chi connectivity index (χ0) is 13.8. The Morgan fingerprint density at radius 3 is 2.67 bits per heavy atom. The third kappa shape index (κ3) is 6.48. The first-order valence-corrected chi connectivity index (χ1v) is 5.70. The van der Waals surface area contributed by atoms with Crippen molar-refractivity contribution in [2.75, 3.05) is 13.2 Å². The fraction of sp³-hybridized carbons (Fsp3) is 0.500. The largest absolute Gasteiger partial charge is 0.450 e. The van der Waals surface area contributed by atoms with E-state index in [4.69, 9.17) is 11.2 Å². The molecule has 0 spiro atoms. The number of amides is 1. The molecule has 96 valence electrons. The van der Waals surface area contributed by atoms with Crippen LogP contribution in [0.25, 0.3) is 0 Å². The lowest BCUT2D eigenvalue weighted by atomic mass is 10.3. The van der Waals surface area contributed by atoms with E-state index in [1.165, 1.54) is 0 Å². The Balaban J connectivity index is 4.39. The van der Waals surface area contributed by atoms with Crippen molar-refractivity contribution in [1.29, 1.82) is 0 Å². The summed E-state index contributed by atoms with van der Waals surface area (Å²) in [6, 6.07) is 0. The lowest BCUT2D eigenvalue weighted by Crippen LogP contribution is -2.39. The van der Waals surface area contributed by atoms with Gasteiger partial charge in [-0.15, -0.1) is 12.3 Å². The molecule has 0 aliphatic carbocycles. The first-order chi connectivity index (χ1) is 8.67. The molecule has 0 bridgehead atoms. The van der Waals surface area contributed by atoms with Gasteiger partial charge in [-0.3, -0.25) is 4.90 Å². The van der Waals surface area contributed by atoms with Crippen molar-refractivity contribution in [3.05, 3.63) is 0 Å². The van der Waals surface area contributed by atoms with E-state index in [9.17, 15) is 9.90 Å². The minimum atomic E-state index is -1.21. The SMILES string of the molecule is C#CCCC#CC#CC(O)N(CC)C(=O)OCC. The molecule has 4 nitrogen and oxygen atoms in total. The van der Waals surface area contributed by atoms with Gasteiger partial charge in [0.1, 0.15) is 0 Å². The molecule has 0 aromatic heterocycles. The standard InChI is InChI=1S/C14H17NO3/c1-4-7-8-9-10-11-12-13(16)15(5-2)14(17)18-6-3/h1,13,16H,5-8H2,2-3H3. The Kier molecular flexibility index (Phi) is 8.92. The first kappa shape index (κ1) is 15.9. The molecule has 18 heavy (non-hydrogen) atoms. The monoisotopic (exact) mass is 247 g/mol. The van der Waals surface area contributed by atoms with Gasteiger partial charge in [-0.2, -0.15) is 0 Å². The van der Waals surface area contributed by atoms with Crippen molar-refractivity contribution in [2.45, 2.75) is 32.9 Å². The summed E-state index contributed by atoms with van der Waals surface area (Å²) in [7, 11) is 0. The Morgan fingerprint density at radius 1 is 1.39 bits per heavy atom. The second-order valence-corrected chi connectivity index (χ2v) is 3.13. The third-order valence-electron chi connectivity index (χ3n) is 1.88. The van der Waals surface area contributed by atoms with Crippen LogP contribution in [-0.4, -0.2) is 35.5 Å².